The molecule has 0 aliphatic carbocycles. The maximum Gasteiger partial charge on any atom is 0.356 e. The number of hydrogen-bond acceptors (Lipinski definition) is 5. The van der Waals surface area contributed by atoms with E-state index in [0.717, 1.165) is 16.7 Å². The van der Waals surface area contributed by atoms with Gasteiger partial charge in [-0.05, 0) is 56.7 Å². The molecule has 6 nitrogen and oxygen atoms in total. The second-order valence-electron chi connectivity index (χ2n) is 5.66. The van der Waals surface area contributed by atoms with Crippen molar-refractivity contribution in [1.29, 1.82) is 0 Å². The number of carbonyl (C=O) groups excluding carboxylic acids is 2. The van der Waals surface area contributed by atoms with Crippen molar-refractivity contribution < 1.29 is 23.5 Å². The van der Waals surface area contributed by atoms with E-state index in [1.165, 1.54) is 18.2 Å². The van der Waals surface area contributed by atoms with Crippen molar-refractivity contribution in [3.05, 3.63) is 69.9 Å². The topological polar surface area (TPSA) is 74.6 Å². The molecule has 0 aliphatic heterocycles. The summed E-state index contributed by atoms with van der Waals surface area (Å²) in [6.07, 6.45) is 0. The molecule has 0 N–H and O–H groups in total. The minimum atomic E-state index is -0.823. The Kier molecular flexibility index (Phi) is 6.28. The van der Waals surface area contributed by atoms with E-state index < -0.39 is 23.3 Å². The highest BCUT2D eigenvalue weighted by molar-refractivity contribution is 5.97. The molecule has 0 radical (unpaired) electrons. The summed E-state index contributed by atoms with van der Waals surface area (Å²) in [5, 5.41) is 0. The maximum absolute atomic E-state index is 13.3. The standard InChI is InChI=1S/C20H20FNO5/c1-5-26-19(24)16-11-15(12(3)4)17(20(25)27-6-2)22(18(16)23)14-9-7-13(21)8-10-14/h7-11H,3,5-6H2,1-2,4H3. The van der Waals surface area contributed by atoms with Gasteiger partial charge in [0.1, 0.15) is 17.1 Å². The van der Waals surface area contributed by atoms with Gasteiger partial charge in [0.25, 0.3) is 5.56 Å². The molecule has 0 amide bonds. The van der Waals surface area contributed by atoms with Crippen LogP contribution in [0.1, 0.15) is 47.2 Å². The van der Waals surface area contributed by atoms with E-state index >= 15 is 0 Å². The van der Waals surface area contributed by atoms with Crippen LogP contribution < -0.4 is 5.56 Å². The van der Waals surface area contributed by atoms with Gasteiger partial charge in [0, 0.05) is 11.3 Å². The normalized spacial score (nSPS) is 10.4. The van der Waals surface area contributed by atoms with Crippen LogP contribution in [0.25, 0.3) is 11.3 Å². The van der Waals surface area contributed by atoms with Crippen LogP contribution in [0.2, 0.25) is 0 Å². The lowest BCUT2D eigenvalue weighted by molar-refractivity contribution is 0.0500. The van der Waals surface area contributed by atoms with Gasteiger partial charge >= 0.3 is 11.9 Å². The van der Waals surface area contributed by atoms with Gasteiger partial charge in [-0.2, -0.15) is 0 Å². The van der Waals surface area contributed by atoms with Gasteiger partial charge in [0.2, 0.25) is 0 Å². The summed E-state index contributed by atoms with van der Waals surface area (Å²) in [4.78, 5) is 37.8. The lowest BCUT2D eigenvalue weighted by atomic mass is 10.0. The van der Waals surface area contributed by atoms with Crippen molar-refractivity contribution in [1.82, 2.24) is 4.57 Å². The zero-order chi connectivity index (χ0) is 20.1. The van der Waals surface area contributed by atoms with Gasteiger partial charge in [-0.15, -0.1) is 0 Å². The number of benzene rings is 1. The molecule has 1 aromatic carbocycles. The predicted octanol–water partition coefficient (Wildman–Crippen LogP) is 3.36. The van der Waals surface area contributed by atoms with Gasteiger partial charge in [0.05, 0.1) is 13.2 Å². The van der Waals surface area contributed by atoms with Gasteiger partial charge < -0.3 is 9.47 Å². The highest BCUT2D eigenvalue weighted by atomic mass is 19.1. The predicted molar refractivity (Wildman–Crippen MR) is 98.6 cm³/mol. The van der Waals surface area contributed by atoms with Gasteiger partial charge in [-0.1, -0.05) is 6.58 Å². The lowest BCUT2D eigenvalue weighted by Gasteiger charge is -2.18. The van der Waals surface area contributed by atoms with E-state index in [1.54, 1.807) is 20.8 Å². The van der Waals surface area contributed by atoms with Crippen LogP contribution >= 0.6 is 0 Å². The number of rotatable bonds is 6. The van der Waals surface area contributed by atoms with E-state index in [4.69, 9.17) is 9.47 Å². The smallest absolute Gasteiger partial charge is 0.356 e. The molecule has 1 heterocycles. The van der Waals surface area contributed by atoms with Crippen LogP contribution in [-0.4, -0.2) is 29.7 Å². The van der Waals surface area contributed by atoms with Crippen molar-refractivity contribution in [3.63, 3.8) is 0 Å². The Morgan fingerprint density at radius 3 is 2.11 bits per heavy atom. The first kappa shape index (κ1) is 20.1. The van der Waals surface area contributed by atoms with E-state index in [1.807, 2.05) is 0 Å². The maximum atomic E-state index is 13.3. The molecule has 0 aliphatic rings. The minimum absolute atomic E-state index is 0.0802. The molecule has 2 rings (SSSR count). The number of pyridine rings is 1. The zero-order valence-corrected chi connectivity index (χ0v) is 15.4. The number of ether oxygens (including phenoxy) is 2. The van der Waals surface area contributed by atoms with Crippen molar-refractivity contribution in [3.8, 4) is 5.69 Å². The zero-order valence-electron chi connectivity index (χ0n) is 15.4. The fourth-order valence-electron chi connectivity index (χ4n) is 2.53. The fraction of sp³-hybridized carbons (Fsp3) is 0.250. The third-order valence-corrected chi connectivity index (χ3v) is 3.71. The fourth-order valence-corrected chi connectivity index (χ4v) is 2.53. The summed E-state index contributed by atoms with van der Waals surface area (Å²) >= 11 is 0. The van der Waals surface area contributed by atoms with E-state index in [0.29, 0.717) is 5.57 Å². The van der Waals surface area contributed by atoms with E-state index in [9.17, 15) is 18.8 Å². The summed E-state index contributed by atoms with van der Waals surface area (Å²) in [7, 11) is 0. The lowest BCUT2D eigenvalue weighted by Crippen LogP contribution is -2.32. The Morgan fingerprint density at radius 1 is 1.04 bits per heavy atom. The van der Waals surface area contributed by atoms with Gasteiger partial charge in [-0.25, -0.2) is 14.0 Å². The molecule has 1 aromatic heterocycles. The molecular formula is C20H20FNO5. The first-order chi connectivity index (χ1) is 12.8. The molecular weight excluding hydrogens is 353 g/mol. The van der Waals surface area contributed by atoms with Crippen LogP contribution in [-0.2, 0) is 9.47 Å². The number of carbonyl (C=O) groups is 2. The summed E-state index contributed by atoms with van der Waals surface area (Å²) in [5.74, 6) is -2.09. The van der Waals surface area contributed by atoms with Crippen molar-refractivity contribution >= 4 is 17.5 Å². The van der Waals surface area contributed by atoms with Crippen LogP contribution in [0.5, 0.6) is 0 Å². The molecule has 27 heavy (non-hydrogen) atoms. The Labute approximate surface area is 155 Å². The Balaban J connectivity index is 2.92. The summed E-state index contributed by atoms with van der Waals surface area (Å²) < 4.78 is 24.4. The monoisotopic (exact) mass is 373 g/mol. The van der Waals surface area contributed by atoms with Crippen LogP contribution in [0.4, 0.5) is 4.39 Å². The molecule has 7 heteroatoms. The van der Waals surface area contributed by atoms with Crippen LogP contribution in [0, 0.1) is 5.82 Å². The average molecular weight is 373 g/mol. The van der Waals surface area contributed by atoms with E-state index in [2.05, 4.69) is 6.58 Å². The summed E-state index contributed by atoms with van der Waals surface area (Å²) in [5.41, 5.74) is -0.202. The quantitative estimate of drug-likeness (QED) is 0.726. The first-order valence-electron chi connectivity index (χ1n) is 8.37. The number of nitrogens with zero attached hydrogens (tertiary/aromatic N) is 1. The van der Waals surface area contributed by atoms with Crippen LogP contribution in [0.15, 0.2) is 41.7 Å². The largest absolute Gasteiger partial charge is 0.462 e. The second-order valence-corrected chi connectivity index (χ2v) is 5.66. The molecule has 0 fully saturated rings. The Bertz CT molecular complexity index is 944. The third kappa shape index (κ3) is 4.13. The highest BCUT2D eigenvalue weighted by Gasteiger charge is 2.26. The number of halogens is 1. The Morgan fingerprint density at radius 2 is 1.59 bits per heavy atom. The average Bonchev–Trinajstić information content (AvgIpc) is 2.62. The van der Waals surface area contributed by atoms with E-state index in [-0.39, 0.29) is 35.7 Å². The molecule has 0 unspecified atom stereocenters. The van der Waals surface area contributed by atoms with Crippen molar-refractivity contribution in [2.24, 2.45) is 0 Å². The van der Waals surface area contributed by atoms with Crippen molar-refractivity contribution in [2.75, 3.05) is 13.2 Å². The number of allylic oxidation sites excluding steroid dienone is 1. The minimum Gasteiger partial charge on any atom is -0.462 e. The Hall–Kier alpha value is -3.22. The molecule has 0 bridgehead atoms. The summed E-state index contributed by atoms with van der Waals surface area (Å²) in [6.45, 7) is 8.86. The number of aromatic nitrogens is 1. The SMILES string of the molecule is C=C(C)c1cc(C(=O)OCC)c(=O)n(-c2ccc(F)cc2)c1C(=O)OCC. The molecule has 2 aromatic rings. The molecule has 0 saturated heterocycles. The summed E-state index contributed by atoms with van der Waals surface area (Å²) in [6, 6.07) is 6.23. The number of esters is 2. The van der Waals surface area contributed by atoms with Crippen molar-refractivity contribution in [2.45, 2.75) is 20.8 Å². The second kappa shape index (κ2) is 8.44. The number of hydrogen-bond donors (Lipinski definition) is 0. The molecule has 0 atom stereocenters. The van der Waals surface area contributed by atoms with Crippen LogP contribution in [0.3, 0.4) is 0 Å². The molecule has 0 saturated carbocycles. The molecule has 0 spiro atoms. The highest BCUT2D eigenvalue weighted by Crippen LogP contribution is 2.22. The van der Waals surface area contributed by atoms with Gasteiger partial charge in [0.15, 0.2) is 0 Å². The molecule has 142 valence electrons. The first-order valence-corrected chi connectivity index (χ1v) is 8.37. The third-order valence-electron chi connectivity index (χ3n) is 3.71. The van der Waals surface area contributed by atoms with Gasteiger partial charge in [-0.3, -0.25) is 9.36 Å².